The van der Waals surface area contributed by atoms with Crippen molar-refractivity contribution in [2.24, 2.45) is 12.8 Å². The quantitative estimate of drug-likeness (QED) is 0.768. The van der Waals surface area contributed by atoms with E-state index in [0.29, 0.717) is 10.8 Å². The molecule has 3 aromatic rings. The molecule has 0 radical (unpaired) electrons. The van der Waals surface area contributed by atoms with Crippen LogP contribution in [0.25, 0.3) is 10.6 Å². The van der Waals surface area contributed by atoms with Crippen molar-refractivity contribution in [3.8, 4) is 16.3 Å². The van der Waals surface area contributed by atoms with Crippen LogP contribution in [-0.2, 0) is 13.7 Å². The van der Waals surface area contributed by atoms with E-state index in [1.807, 2.05) is 18.6 Å². The van der Waals surface area contributed by atoms with Gasteiger partial charge in [-0.3, -0.25) is 9.48 Å². The standard InChI is InChI=1S/C15H13ClN4O2S/c1-20-6-9(5-18-20)15-19-11(8-23-15)7-22-13-3-2-10(16)4-12(13)14(17)21/h2-6,8H,7H2,1H3,(H2,17,21). The van der Waals surface area contributed by atoms with Crippen LogP contribution in [0.5, 0.6) is 5.75 Å². The topological polar surface area (TPSA) is 83.0 Å². The third kappa shape index (κ3) is 3.52. The van der Waals surface area contributed by atoms with Gasteiger partial charge >= 0.3 is 0 Å². The van der Waals surface area contributed by atoms with Gasteiger partial charge in [0.2, 0.25) is 0 Å². The Morgan fingerprint density at radius 3 is 3.00 bits per heavy atom. The van der Waals surface area contributed by atoms with Crippen molar-refractivity contribution >= 4 is 28.8 Å². The molecule has 1 amide bonds. The van der Waals surface area contributed by atoms with E-state index >= 15 is 0 Å². The van der Waals surface area contributed by atoms with Crippen molar-refractivity contribution < 1.29 is 9.53 Å². The molecule has 0 aliphatic carbocycles. The Morgan fingerprint density at radius 2 is 2.30 bits per heavy atom. The zero-order chi connectivity index (χ0) is 16.4. The zero-order valence-electron chi connectivity index (χ0n) is 12.2. The lowest BCUT2D eigenvalue weighted by molar-refractivity contribution is 0.0996. The third-order valence-corrected chi connectivity index (χ3v) is 4.26. The highest BCUT2D eigenvalue weighted by Gasteiger charge is 2.12. The van der Waals surface area contributed by atoms with Crippen LogP contribution in [0.3, 0.4) is 0 Å². The van der Waals surface area contributed by atoms with Gasteiger partial charge in [-0.05, 0) is 18.2 Å². The fraction of sp³-hybridized carbons (Fsp3) is 0.133. The molecular weight excluding hydrogens is 336 g/mol. The number of rotatable bonds is 5. The first-order valence-corrected chi connectivity index (χ1v) is 7.94. The summed E-state index contributed by atoms with van der Waals surface area (Å²) < 4.78 is 7.38. The van der Waals surface area contributed by atoms with Gasteiger partial charge in [0.1, 0.15) is 17.4 Å². The number of nitrogens with two attached hydrogens (primary N) is 1. The van der Waals surface area contributed by atoms with Crippen LogP contribution in [0, 0.1) is 0 Å². The molecule has 1 aromatic carbocycles. The second-order valence-corrected chi connectivity index (χ2v) is 6.13. The molecule has 118 valence electrons. The summed E-state index contributed by atoms with van der Waals surface area (Å²) in [7, 11) is 1.85. The second-order valence-electron chi connectivity index (χ2n) is 4.84. The fourth-order valence-corrected chi connectivity index (χ4v) is 2.96. The van der Waals surface area contributed by atoms with Gasteiger partial charge in [0.25, 0.3) is 5.91 Å². The summed E-state index contributed by atoms with van der Waals surface area (Å²) in [5.74, 6) is -0.199. The number of nitrogens with zero attached hydrogens (tertiary/aromatic N) is 3. The van der Waals surface area contributed by atoms with Crippen LogP contribution in [0.2, 0.25) is 5.02 Å². The number of carbonyl (C=O) groups is 1. The van der Waals surface area contributed by atoms with E-state index < -0.39 is 5.91 Å². The van der Waals surface area contributed by atoms with Crippen LogP contribution < -0.4 is 10.5 Å². The van der Waals surface area contributed by atoms with E-state index in [9.17, 15) is 4.79 Å². The molecular formula is C15H13ClN4O2S. The minimum Gasteiger partial charge on any atom is -0.486 e. The average Bonchev–Trinajstić information content (AvgIpc) is 3.14. The number of amides is 1. The van der Waals surface area contributed by atoms with Gasteiger partial charge in [-0.1, -0.05) is 11.6 Å². The van der Waals surface area contributed by atoms with Gasteiger partial charge in [-0.25, -0.2) is 4.98 Å². The summed E-state index contributed by atoms with van der Waals surface area (Å²) >= 11 is 7.38. The summed E-state index contributed by atoms with van der Waals surface area (Å²) in [6.07, 6.45) is 3.65. The lowest BCUT2D eigenvalue weighted by Gasteiger charge is -2.08. The second kappa shape index (κ2) is 6.39. The van der Waals surface area contributed by atoms with E-state index in [0.717, 1.165) is 16.3 Å². The molecule has 0 unspecified atom stereocenters. The normalized spacial score (nSPS) is 10.7. The highest BCUT2D eigenvalue weighted by Crippen LogP contribution is 2.26. The van der Waals surface area contributed by atoms with Gasteiger partial charge in [-0.15, -0.1) is 11.3 Å². The molecule has 0 saturated heterocycles. The Morgan fingerprint density at radius 1 is 1.48 bits per heavy atom. The zero-order valence-corrected chi connectivity index (χ0v) is 13.8. The predicted octanol–water partition coefficient (Wildman–Crippen LogP) is 2.87. The van der Waals surface area contributed by atoms with Crippen molar-refractivity contribution in [1.29, 1.82) is 0 Å². The summed E-state index contributed by atoms with van der Waals surface area (Å²) in [5.41, 5.74) is 7.30. The number of carbonyl (C=O) groups excluding carboxylic acids is 1. The molecule has 3 rings (SSSR count). The van der Waals surface area contributed by atoms with Crippen LogP contribution in [0.1, 0.15) is 16.1 Å². The molecule has 23 heavy (non-hydrogen) atoms. The Labute approximate surface area is 141 Å². The van der Waals surface area contributed by atoms with E-state index in [1.165, 1.54) is 17.4 Å². The summed E-state index contributed by atoms with van der Waals surface area (Å²) in [4.78, 5) is 15.9. The van der Waals surface area contributed by atoms with E-state index in [1.54, 1.807) is 23.0 Å². The van der Waals surface area contributed by atoms with Crippen molar-refractivity contribution in [2.45, 2.75) is 6.61 Å². The van der Waals surface area contributed by atoms with Gasteiger partial charge < -0.3 is 10.5 Å². The predicted molar refractivity (Wildman–Crippen MR) is 88.6 cm³/mol. The van der Waals surface area contributed by atoms with Gasteiger partial charge in [0.15, 0.2) is 0 Å². The summed E-state index contributed by atoms with van der Waals surface area (Å²) in [6.45, 7) is 0.235. The fourth-order valence-electron chi connectivity index (χ4n) is 2.01. The number of aromatic nitrogens is 3. The molecule has 0 bridgehead atoms. The van der Waals surface area contributed by atoms with E-state index in [-0.39, 0.29) is 12.2 Å². The molecule has 8 heteroatoms. The number of primary amides is 1. The largest absolute Gasteiger partial charge is 0.486 e. The van der Waals surface area contributed by atoms with Crippen molar-refractivity contribution in [2.75, 3.05) is 0 Å². The maximum absolute atomic E-state index is 11.4. The highest BCUT2D eigenvalue weighted by molar-refractivity contribution is 7.13. The minimum atomic E-state index is -0.586. The summed E-state index contributed by atoms with van der Waals surface area (Å²) in [6, 6.07) is 4.75. The van der Waals surface area contributed by atoms with E-state index in [4.69, 9.17) is 22.1 Å². The molecule has 0 atom stereocenters. The number of aryl methyl sites for hydroxylation is 1. The maximum Gasteiger partial charge on any atom is 0.252 e. The Bertz CT molecular complexity index is 859. The third-order valence-electron chi connectivity index (χ3n) is 3.09. The molecule has 0 fully saturated rings. The van der Waals surface area contributed by atoms with Crippen molar-refractivity contribution in [3.63, 3.8) is 0 Å². The van der Waals surface area contributed by atoms with Crippen LogP contribution in [0.4, 0.5) is 0 Å². The maximum atomic E-state index is 11.4. The molecule has 2 aromatic heterocycles. The Hall–Kier alpha value is -2.38. The minimum absolute atomic E-state index is 0.235. The number of halogens is 1. The van der Waals surface area contributed by atoms with Gasteiger partial charge in [0, 0.05) is 29.2 Å². The number of hydrogen-bond acceptors (Lipinski definition) is 5. The molecule has 0 spiro atoms. The number of hydrogen-bond donors (Lipinski definition) is 1. The Kier molecular flexibility index (Phi) is 4.31. The first-order valence-electron chi connectivity index (χ1n) is 6.68. The highest BCUT2D eigenvalue weighted by atomic mass is 35.5. The molecule has 2 heterocycles. The molecule has 2 N–H and O–H groups in total. The van der Waals surface area contributed by atoms with Crippen LogP contribution in [-0.4, -0.2) is 20.7 Å². The van der Waals surface area contributed by atoms with Crippen LogP contribution >= 0.6 is 22.9 Å². The molecule has 0 saturated carbocycles. The first-order chi connectivity index (χ1) is 11.0. The lowest BCUT2D eigenvalue weighted by Crippen LogP contribution is -2.13. The number of ether oxygens (including phenoxy) is 1. The first kappa shape index (κ1) is 15.5. The van der Waals surface area contributed by atoms with Gasteiger partial charge in [0.05, 0.1) is 17.5 Å². The molecule has 0 aliphatic heterocycles. The summed E-state index contributed by atoms with van der Waals surface area (Å²) in [5, 5.41) is 7.32. The molecule has 0 aliphatic rings. The molecule has 6 nitrogen and oxygen atoms in total. The number of thiazole rings is 1. The monoisotopic (exact) mass is 348 g/mol. The van der Waals surface area contributed by atoms with Crippen molar-refractivity contribution in [1.82, 2.24) is 14.8 Å². The SMILES string of the molecule is Cn1cc(-c2nc(COc3ccc(Cl)cc3C(N)=O)cs2)cn1. The number of benzene rings is 1. The van der Waals surface area contributed by atoms with Crippen LogP contribution in [0.15, 0.2) is 36.0 Å². The lowest BCUT2D eigenvalue weighted by atomic mass is 10.2. The van der Waals surface area contributed by atoms with Crippen molar-refractivity contribution in [3.05, 3.63) is 52.3 Å². The smallest absolute Gasteiger partial charge is 0.252 e. The van der Waals surface area contributed by atoms with E-state index in [2.05, 4.69) is 10.1 Å². The van der Waals surface area contributed by atoms with Gasteiger partial charge in [-0.2, -0.15) is 5.10 Å². The Balaban J connectivity index is 1.74. The average molecular weight is 349 g/mol.